The number of pyridine rings is 1. The number of carbonyl (C=O) groups is 2. The number of fused-ring (bicyclic) bond motifs is 3. The third-order valence-corrected chi connectivity index (χ3v) is 8.64. The minimum atomic E-state index is -4.64. The zero-order valence-corrected chi connectivity index (χ0v) is 29.1. The molecule has 3 rings (SSSR count). The second-order valence-electron chi connectivity index (χ2n) is 11.6. The van der Waals surface area contributed by atoms with Gasteiger partial charge in [0.25, 0.3) is 0 Å². The minimum Gasteiger partial charge on any atom is -0.446 e. The number of nitrogen functional groups attached to an aromatic ring is 1. The Labute approximate surface area is 282 Å². The van der Waals surface area contributed by atoms with E-state index in [1.165, 1.54) is 38.5 Å². The van der Waals surface area contributed by atoms with Gasteiger partial charge in [-0.15, -0.1) is 0 Å². The third kappa shape index (κ3) is 13.1. The molecule has 0 saturated heterocycles. The Bertz CT molecular complexity index is 1490. The average Bonchev–Trinajstić information content (AvgIpc) is 3.42. The first-order valence-electron chi connectivity index (χ1n) is 16.9. The maximum atomic E-state index is 12.8. The lowest BCUT2D eigenvalue weighted by atomic mass is 10.1. The van der Waals surface area contributed by atoms with E-state index in [9.17, 15) is 19.0 Å². The summed E-state index contributed by atoms with van der Waals surface area (Å²) in [6.45, 7) is 4.16. The fourth-order valence-electron chi connectivity index (χ4n) is 5.16. The monoisotopic (exact) mass is 693 g/mol. The van der Waals surface area contributed by atoms with Gasteiger partial charge in [-0.3, -0.25) is 9.05 Å². The number of aromatic nitrogens is 3. The predicted octanol–water partition coefficient (Wildman–Crippen LogP) is 6.23. The van der Waals surface area contributed by atoms with Crippen molar-refractivity contribution in [2.75, 3.05) is 44.0 Å². The van der Waals surface area contributed by atoms with Crippen molar-refractivity contribution in [1.29, 1.82) is 0 Å². The number of nitrogens with zero attached hydrogens (tertiary/aromatic N) is 3. The van der Waals surface area contributed by atoms with E-state index in [1.807, 2.05) is 28.8 Å². The molecule has 0 aliphatic rings. The molecule has 0 fully saturated rings. The number of benzene rings is 1. The quantitative estimate of drug-likeness (QED) is 0.0521. The smallest absolute Gasteiger partial charge is 0.446 e. The number of rotatable bonds is 24. The van der Waals surface area contributed by atoms with Crippen molar-refractivity contribution in [1.82, 2.24) is 19.9 Å². The normalized spacial score (nSPS) is 13.3. The Morgan fingerprint density at radius 2 is 1.62 bits per heavy atom. The number of nitrogens with two attached hydrogens (primary N) is 2. The minimum absolute atomic E-state index is 0.123. The number of carbonyl (C=O) groups excluding carboxylic acids is 2. The molecule has 0 aliphatic carbocycles. The summed E-state index contributed by atoms with van der Waals surface area (Å²) in [4.78, 5) is 43.1. The van der Waals surface area contributed by atoms with Gasteiger partial charge in [0.1, 0.15) is 12.1 Å². The highest BCUT2D eigenvalue weighted by Gasteiger charge is 2.27. The lowest BCUT2D eigenvalue weighted by Gasteiger charge is -2.20. The molecule has 15 nitrogen and oxygen atoms in total. The van der Waals surface area contributed by atoms with E-state index in [0.717, 1.165) is 37.5 Å². The molecule has 7 N–H and O–H groups in total. The molecule has 3 aromatic rings. The molecule has 16 heteroatoms. The first kappa shape index (κ1) is 38.8. The van der Waals surface area contributed by atoms with E-state index >= 15 is 0 Å². The Hall–Kier alpha value is -3.65. The Kier molecular flexibility index (Phi) is 16.7. The van der Waals surface area contributed by atoms with Gasteiger partial charge in [0.15, 0.2) is 11.9 Å². The van der Waals surface area contributed by atoms with E-state index in [0.29, 0.717) is 35.6 Å². The van der Waals surface area contributed by atoms with Gasteiger partial charge in [-0.25, -0.2) is 24.1 Å². The van der Waals surface area contributed by atoms with Crippen molar-refractivity contribution in [3.05, 3.63) is 24.3 Å². The number of imidazole rings is 1. The van der Waals surface area contributed by atoms with Crippen molar-refractivity contribution >= 4 is 53.7 Å². The molecule has 2 amide bonds. The predicted molar refractivity (Wildman–Crippen MR) is 186 cm³/mol. The molecule has 2 atom stereocenters. The number of para-hydroxylation sites is 1. The molecule has 0 bridgehead atoms. The van der Waals surface area contributed by atoms with E-state index in [4.69, 9.17) is 30.0 Å². The highest BCUT2D eigenvalue weighted by atomic mass is 31.2. The lowest BCUT2D eigenvalue weighted by molar-refractivity contribution is 0.0118. The third-order valence-electron chi connectivity index (χ3n) is 7.65. The van der Waals surface area contributed by atoms with E-state index in [-0.39, 0.29) is 19.0 Å². The van der Waals surface area contributed by atoms with Crippen LogP contribution in [-0.4, -0.2) is 70.6 Å². The van der Waals surface area contributed by atoms with Gasteiger partial charge >= 0.3 is 20.0 Å². The van der Waals surface area contributed by atoms with Crippen LogP contribution < -0.4 is 22.1 Å². The van der Waals surface area contributed by atoms with Crippen molar-refractivity contribution in [3.8, 4) is 0 Å². The van der Waals surface area contributed by atoms with E-state index < -0.39 is 39.3 Å². The summed E-state index contributed by atoms with van der Waals surface area (Å²) < 4.78 is 35.1. The molecule has 0 radical (unpaired) electrons. The largest absolute Gasteiger partial charge is 0.472 e. The van der Waals surface area contributed by atoms with Gasteiger partial charge in [0.05, 0.1) is 30.8 Å². The van der Waals surface area contributed by atoms with Gasteiger partial charge < -0.3 is 41.0 Å². The van der Waals surface area contributed by atoms with Crippen molar-refractivity contribution in [2.24, 2.45) is 5.73 Å². The van der Waals surface area contributed by atoms with Crippen LogP contribution in [0.5, 0.6) is 0 Å². The number of primary amides is 1. The SMILES string of the molecule is CCCCCCCCCCCNC(=O)O[C@H](COC(N)=O)COP(=O)(O)OCCn1c(NCCCC)nc2c(N)nc3ccccc3c21. The van der Waals surface area contributed by atoms with Crippen molar-refractivity contribution in [3.63, 3.8) is 0 Å². The number of ether oxygens (including phenoxy) is 2. The fraction of sp³-hybridized carbons (Fsp3) is 0.625. The molecule has 1 aromatic carbocycles. The van der Waals surface area contributed by atoms with Gasteiger partial charge in [0, 0.05) is 18.5 Å². The maximum absolute atomic E-state index is 12.8. The number of alkyl carbamates (subject to hydrolysis) is 1. The average molecular weight is 694 g/mol. The molecule has 2 heterocycles. The summed E-state index contributed by atoms with van der Waals surface area (Å²) in [5.74, 6) is 0.783. The van der Waals surface area contributed by atoms with Crippen LogP contribution >= 0.6 is 7.82 Å². The number of unbranched alkanes of at least 4 members (excludes halogenated alkanes) is 9. The highest BCUT2D eigenvalue weighted by Crippen LogP contribution is 2.43. The molecule has 48 heavy (non-hydrogen) atoms. The number of amides is 2. The van der Waals surface area contributed by atoms with Crippen LogP contribution in [0.15, 0.2) is 24.3 Å². The zero-order valence-electron chi connectivity index (χ0n) is 28.2. The molecule has 0 saturated carbocycles. The number of hydrogen-bond acceptors (Lipinski definition) is 11. The first-order chi connectivity index (χ1) is 23.1. The summed E-state index contributed by atoms with van der Waals surface area (Å²) in [5, 5.41) is 6.76. The second kappa shape index (κ2) is 20.7. The van der Waals surface area contributed by atoms with E-state index in [2.05, 4.69) is 34.4 Å². The van der Waals surface area contributed by atoms with Crippen LogP contribution in [0.1, 0.15) is 84.5 Å². The number of hydrogen-bond donors (Lipinski definition) is 5. The van der Waals surface area contributed by atoms with Crippen LogP contribution in [0, 0.1) is 0 Å². The Balaban J connectivity index is 1.53. The van der Waals surface area contributed by atoms with Crippen LogP contribution in [0.2, 0.25) is 0 Å². The zero-order chi connectivity index (χ0) is 34.8. The molecule has 268 valence electrons. The number of nitrogens with one attached hydrogen (secondary N) is 2. The molecule has 2 aromatic heterocycles. The van der Waals surface area contributed by atoms with E-state index in [1.54, 1.807) is 0 Å². The summed E-state index contributed by atoms with van der Waals surface area (Å²) >= 11 is 0. The topological polar surface area (TPSA) is 215 Å². The molecule has 0 aliphatic heterocycles. The standard InChI is InChI=1S/C32H52N7O8P/c1-3-5-7-8-9-10-11-12-15-19-36-32(41)47-24(22-44-30(34)40)23-46-48(42,43)45-21-20-39-28-25-16-13-14-17-26(25)37-29(33)27(28)38-31(39)35-18-6-4-2/h13-14,16-17,24H,3-12,15,18-23H2,1-2H3,(H2,33,37)(H2,34,40)(H,35,38)(H,36,41)(H,42,43)/t24-/m1/s1. The highest BCUT2D eigenvalue weighted by molar-refractivity contribution is 7.47. The van der Waals surface area contributed by atoms with Gasteiger partial charge in [-0.05, 0) is 18.9 Å². The van der Waals surface area contributed by atoms with Crippen molar-refractivity contribution < 1.29 is 37.6 Å². The van der Waals surface area contributed by atoms with Crippen LogP contribution in [0.4, 0.5) is 21.4 Å². The van der Waals surface area contributed by atoms with Gasteiger partial charge in [0.2, 0.25) is 5.95 Å². The Morgan fingerprint density at radius 3 is 2.33 bits per heavy atom. The molecule has 1 unspecified atom stereocenters. The number of phosphoric ester groups is 1. The summed E-state index contributed by atoms with van der Waals surface area (Å²) in [7, 11) is -4.64. The summed E-state index contributed by atoms with van der Waals surface area (Å²) in [5.41, 5.74) is 13.2. The fourth-order valence-corrected chi connectivity index (χ4v) is 5.90. The summed E-state index contributed by atoms with van der Waals surface area (Å²) in [6.07, 6.45) is 9.07. The van der Waals surface area contributed by atoms with Crippen LogP contribution in [0.3, 0.4) is 0 Å². The first-order valence-corrected chi connectivity index (χ1v) is 18.4. The summed E-state index contributed by atoms with van der Waals surface area (Å²) in [6, 6.07) is 7.49. The number of anilines is 2. The van der Waals surface area contributed by atoms with Crippen molar-refractivity contribution in [2.45, 2.75) is 97.1 Å². The van der Waals surface area contributed by atoms with Gasteiger partial charge in [-0.2, -0.15) is 0 Å². The van der Waals surface area contributed by atoms with Crippen LogP contribution in [-0.2, 0) is 29.6 Å². The maximum Gasteiger partial charge on any atom is 0.472 e. The van der Waals surface area contributed by atoms with Gasteiger partial charge in [-0.1, -0.05) is 89.8 Å². The second-order valence-corrected chi connectivity index (χ2v) is 13.0. The molecular weight excluding hydrogens is 641 g/mol. The van der Waals surface area contributed by atoms with Crippen LogP contribution in [0.25, 0.3) is 21.9 Å². The molecule has 0 spiro atoms. The Morgan fingerprint density at radius 1 is 0.938 bits per heavy atom. The number of phosphoric acid groups is 1. The lowest BCUT2D eigenvalue weighted by Crippen LogP contribution is -2.35. The molecular formula is C32H52N7O8P.